The topological polar surface area (TPSA) is 84.5 Å². The molecule has 2 N–H and O–H groups in total. The van der Waals surface area contributed by atoms with Crippen LogP contribution in [0.15, 0.2) is 24.3 Å². The summed E-state index contributed by atoms with van der Waals surface area (Å²) in [6.45, 7) is 4.99. The van der Waals surface area contributed by atoms with Crippen LogP contribution in [0, 0.1) is 0 Å². The first kappa shape index (κ1) is 17.7. The lowest BCUT2D eigenvalue weighted by Gasteiger charge is -2.12. The van der Waals surface area contributed by atoms with Crippen molar-refractivity contribution in [3.05, 3.63) is 29.8 Å². The minimum Gasteiger partial charge on any atom is -0.452 e. The molecule has 0 saturated heterocycles. The van der Waals surface area contributed by atoms with Crippen LogP contribution in [-0.4, -0.2) is 30.4 Å². The lowest BCUT2D eigenvalue weighted by molar-refractivity contribution is -0.124. The van der Waals surface area contributed by atoms with E-state index in [-0.39, 0.29) is 30.0 Å². The van der Waals surface area contributed by atoms with Crippen LogP contribution in [0.3, 0.4) is 0 Å². The Hall–Kier alpha value is -2.37. The molecule has 0 radical (unpaired) electrons. The fourth-order valence-electron chi connectivity index (χ4n) is 1.96. The van der Waals surface area contributed by atoms with Crippen molar-refractivity contribution in [3.8, 4) is 0 Å². The molecule has 0 aliphatic heterocycles. The monoisotopic (exact) mass is 306 g/mol. The summed E-state index contributed by atoms with van der Waals surface area (Å²) in [4.78, 5) is 34.5. The second kappa shape index (κ2) is 8.81. The van der Waals surface area contributed by atoms with Crippen LogP contribution < -0.4 is 10.6 Å². The summed E-state index contributed by atoms with van der Waals surface area (Å²) in [5, 5.41) is 5.33. The van der Waals surface area contributed by atoms with Crippen LogP contribution in [-0.2, 0) is 14.3 Å². The zero-order valence-corrected chi connectivity index (χ0v) is 13.1. The highest BCUT2D eigenvalue weighted by atomic mass is 16.5. The van der Waals surface area contributed by atoms with Gasteiger partial charge >= 0.3 is 5.97 Å². The van der Waals surface area contributed by atoms with Gasteiger partial charge < -0.3 is 15.4 Å². The molecule has 0 bridgehead atoms. The molecular weight excluding hydrogens is 284 g/mol. The number of hydrogen-bond donors (Lipinski definition) is 2. The van der Waals surface area contributed by atoms with E-state index in [0.717, 1.165) is 12.8 Å². The Balaban J connectivity index is 2.51. The fraction of sp³-hybridized carbons (Fsp3) is 0.438. The highest BCUT2D eigenvalue weighted by Gasteiger charge is 2.12. The molecule has 1 atom stereocenters. The van der Waals surface area contributed by atoms with Gasteiger partial charge in [0.1, 0.15) is 0 Å². The van der Waals surface area contributed by atoms with Gasteiger partial charge in [-0.1, -0.05) is 19.4 Å². The standard InChI is InChI=1S/C16H22N2O4/c1-4-6-11(2)17-15(20)10-22-16(21)13-7-5-8-14(9-13)18-12(3)19/h5,7-9,11H,4,6,10H2,1-3H3,(H,17,20)(H,18,19)/t11-/m1/s1. The summed E-state index contributed by atoms with van der Waals surface area (Å²) < 4.78 is 4.97. The molecule has 0 aliphatic carbocycles. The number of esters is 1. The Labute approximate surface area is 130 Å². The van der Waals surface area contributed by atoms with E-state index in [1.54, 1.807) is 18.2 Å². The van der Waals surface area contributed by atoms with Gasteiger partial charge in [-0.3, -0.25) is 9.59 Å². The number of ether oxygens (including phenoxy) is 1. The third-order valence-electron chi connectivity index (χ3n) is 2.88. The average molecular weight is 306 g/mol. The first-order valence-electron chi connectivity index (χ1n) is 7.26. The number of nitrogens with one attached hydrogen (secondary N) is 2. The maximum absolute atomic E-state index is 11.9. The summed E-state index contributed by atoms with van der Waals surface area (Å²) in [6, 6.07) is 6.41. The van der Waals surface area contributed by atoms with Gasteiger partial charge in [0, 0.05) is 18.7 Å². The number of hydrogen-bond acceptors (Lipinski definition) is 4. The van der Waals surface area contributed by atoms with Crippen molar-refractivity contribution in [3.63, 3.8) is 0 Å². The SMILES string of the molecule is CCC[C@@H](C)NC(=O)COC(=O)c1cccc(NC(C)=O)c1. The predicted molar refractivity (Wildman–Crippen MR) is 83.5 cm³/mol. The molecule has 1 aromatic rings. The normalized spacial score (nSPS) is 11.4. The highest BCUT2D eigenvalue weighted by Crippen LogP contribution is 2.11. The molecule has 0 spiro atoms. The third-order valence-corrected chi connectivity index (χ3v) is 2.88. The molecule has 0 aliphatic rings. The molecule has 22 heavy (non-hydrogen) atoms. The molecular formula is C16H22N2O4. The molecule has 0 fully saturated rings. The first-order chi connectivity index (χ1) is 10.4. The van der Waals surface area contributed by atoms with Crippen LogP contribution in [0.2, 0.25) is 0 Å². The number of rotatable bonds is 7. The van der Waals surface area contributed by atoms with Gasteiger partial charge in [0.2, 0.25) is 5.91 Å². The lowest BCUT2D eigenvalue weighted by atomic mass is 10.2. The largest absolute Gasteiger partial charge is 0.452 e. The van der Waals surface area contributed by atoms with E-state index < -0.39 is 5.97 Å². The Morgan fingerprint density at radius 3 is 2.64 bits per heavy atom. The predicted octanol–water partition coefficient (Wildman–Crippen LogP) is 2.11. The van der Waals surface area contributed by atoms with E-state index in [4.69, 9.17) is 4.74 Å². The molecule has 1 aromatic carbocycles. The molecule has 0 unspecified atom stereocenters. The summed E-state index contributed by atoms with van der Waals surface area (Å²) in [7, 11) is 0. The second-order valence-corrected chi connectivity index (χ2v) is 5.10. The molecule has 120 valence electrons. The molecule has 6 nitrogen and oxygen atoms in total. The molecule has 1 rings (SSSR count). The number of anilines is 1. The Kier molecular flexibility index (Phi) is 7.08. The van der Waals surface area contributed by atoms with Crippen molar-refractivity contribution in [2.75, 3.05) is 11.9 Å². The van der Waals surface area contributed by atoms with E-state index in [0.29, 0.717) is 5.69 Å². The summed E-state index contributed by atoms with van der Waals surface area (Å²) in [5.74, 6) is -1.16. The van der Waals surface area contributed by atoms with E-state index >= 15 is 0 Å². The number of carbonyl (C=O) groups excluding carboxylic acids is 3. The lowest BCUT2D eigenvalue weighted by Crippen LogP contribution is -2.35. The molecule has 0 aromatic heterocycles. The summed E-state index contributed by atoms with van der Waals surface area (Å²) >= 11 is 0. The van der Waals surface area contributed by atoms with Crippen LogP contribution in [0.5, 0.6) is 0 Å². The molecule has 0 heterocycles. The van der Waals surface area contributed by atoms with Crippen LogP contribution >= 0.6 is 0 Å². The Bertz CT molecular complexity index is 543. The molecule has 6 heteroatoms. The van der Waals surface area contributed by atoms with Gasteiger partial charge in [0.05, 0.1) is 5.56 Å². The van der Waals surface area contributed by atoms with Gasteiger partial charge in [-0.2, -0.15) is 0 Å². The molecule has 0 saturated carbocycles. The smallest absolute Gasteiger partial charge is 0.338 e. The van der Waals surface area contributed by atoms with Gasteiger partial charge in [0.25, 0.3) is 5.91 Å². The quantitative estimate of drug-likeness (QED) is 0.756. The van der Waals surface area contributed by atoms with Gasteiger partial charge in [-0.05, 0) is 31.5 Å². The van der Waals surface area contributed by atoms with Crippen molar-refractivity contribution in [1.82, 2.24) is 5.32 Å². The van der Waals surface area contributed by atoms with Crippen molar-refractivity contribution in [2.45, 2.75) is 39.7 Å². The molecule has 2 amide bonds. The van der Waals surface area contributed by atoms with E-state index in [1.807, 2.05) is 13.8 Å². The fourth-order valence-corrected chi connectivity index (χ4v) is 1.96. The Morgan fingerprint density at radius 1 is 1.27 bits per heavy atom. The van der Waals surface area contributed by atoms with Gasteiger partial charge in [0.15, 0.2) is 6.61 Å². The first-order valence-corrected chi connectivity index (χ1v) is 7.26. The third kappa shape index (κ3) is 6.39. The van der Waals surface area contributed by atoms with Crippen LogP contribution in [0.4, 0.5) is 5.69 Å². The minimum atomic E-state index is -0.606. The zero-order chi connectivity index (χ0) is 16.5. The van der Waals surface area contributed by atoms with Crippen LogP contribution in [0.25, 0.3) is 0 Å². The van der Waals surface area contributed by atoms with E-state index in [1.165, 1.54) is 13.0 Å². The zero-order valence-electron chi connectivity index (χ0n) is 13.1. The minimum absolute atomic E-state index is 0.0549. The van der Waals surface area contributed by atoms with Crippen LogP contribution in [0.1, 0.15) is 44.0 Å². The van der Waals surface area contributed by atoms with Crippen molar-refractivity contribution in [2.24, 2.45) is 0 Å². The highest BCUT2D eigenvalue weighted by molar-refractivity contribution is 5.94. The van der Waals surface area contributed by atoms with Crippen molar-refractivity contribution < 1.29 is 19.1 Å². The average Bonchev–Trinajstić information content (AvgIpc) is 2.44. The van der Waals surface area contributed by atoms with E-state index in [2.05, 4.69) is 10.6 Å². The van der Waals surface area contributed by atoms with E-state index in [9.17, 15) is 14.4 Å². The number of amides is 2. The number of carbonyl (C=O) groups is 3. The van der Waals surface area contributed by atoms with Crippen molar-refractivity contribution >= 4 is 23.5 Å². The van der Waals surface area contributed by atoms with Gasteiger partial charge in [-0.15, -0.1) is 0 Å². The maximum atomic E-state index is 11.9. The second-order valence-electron chi connectivity index (χ2n) is 5.10. The van der Waals surface area contributed by atoms with Gasteiger partial charge in [-0.25, -0.2) is 4.79 Å². The Morgan fingerprint density at radius 2 is 2.00 bits per heavy atom. The number of benzene rings is 1. The van der Waals surface area contributed by atoms with Crippen molar-refractivity contribution in [1.29, 1.82) is 0 Å². The summed E-state index contributed by atoms with van der Waals surface area (Å²) in [6.07, 6.45) is 1.84. The maximum Gasteiger partial charge on any atom is 0.338 e. The summed E-state index contributed by atoms with van der Waals surface area (Å²) in [5.41, 5.74) is 0.781.